The highest BCUT2D eigenvalue weighted by Gasteiger charge is 2.16. The van der Waals surface area contributed by atoms with Gasteiger partial charge in [-0.25, -0.2) is 14.4 Å². The summed E-state index contributed by atoms with van der Waals surface area (Å²) < 4.78 is 19.2. The minimum absolute atomic E-state index is 0.230. The molecular weight excluding hydrogens is 319 g/mol. The standard InChI is InChI=1S/C15H13FN4O2S/c1-7-5-23-15-12(7)14(18-6-19-15)20-10-4-9(16)8(13(17)21)3-11(10)22-2/h3-6H,1-2H3,(H2,17,21)(H,18,19,20). The summed E-state index contributed by atoms with van der Waals surface area (Å²) >= 11 is 1.50. The van der Waals surface area contributed by atoms with E-state index in [1.807, 2.05) is 12.3 Å². The first-order chi connectivity index (χ1) is 11.0. The van der Waals surface area contributed by atoms with E-state index in [0.29, 0.717) is 17.3 Å². The Bertz CT molecular complexity index is 910. The van der Waals surface area contributed by atoms with E-state index >= 15 is 0 Å². The number of methoxy groups -OCH3 is 1. The number of halogens is 1. The number of ether oxygens (including phenoxy) is 1. The predicted molar refractivity (Wildman–Crippen MR) is 86.9 cm³/mol. The van der Waals surface area contributed by atoms with Gasteiger partial charge in [0.05, 0.1) is 23.7 Å². The molecule has 0 fully saturated rings. The molecule has 2 heterocycles. The number of amides is 1. The van der Waals surface area contributed by atoms with Crippen molar-refractivity contribution in [2.45, 2.75) is 6.92 Å². The minimum Gasteiger partial charge on any atom is -0.495 e. The molecule has 0 spiro atoms. The number of rotatable bonds is 4. The second-order valence-corrected chi connectivity index (χ2v) is 5.70. The van der Waals surface area contributed by atoms with Crippen LogP contribution in [-0.2, 0) is 0 Å². The SMILES string of the molecule is COc1cc(C(N)=O)c(F)cc1Nc1ncnc2scc(C)c12. The Balaban J connectivity index is 2.10. The third-order valence-corrected chi connectivity index (χ3v) is 4.37. The number of carbonyl (C=O) groups is 1. The summed E-state index contributed by atoms with van der Waals surface area (Å²) in [5.41, 5.74) is 6.28. The molecule has 0 saturated heterocycles. The fraction of sp³-hybridized carbons (Fsp3) is 0.133. The number of thiophene rings is 1. The van der Waals surface area contributed by atoms with Crippen LogP contribution in [0.15, 0.2) is 23.8 Å². The molecule has 3 N–H and O–H groups in total. The van der Waals surface area contributed by atoms with Crippen molar-refractivity contribution in [1.82, 2.24) is 9.97 Å². The summed E-state index contributed by atoms with van der Waals surface area (Å²) in [6.07, 6.45) is 1.43. The first-order valence-corrected chi connectivity index (χ1v) is 7.52. The lowest BCUT2D eigenvalue weighted by Gasteiger charge is -2.13. The van der Waals surface area contributed by atoms with Crippen molar-refractivity contribution in [3.05, 3.63) is 40.8 Å². The number of aryl methyl sites for hydroxylation is 1. The number of carbonyl (C=O) groups excluding carboxylic acids is 1. The van der Waals surface area contributed by atoms with Crippen LogP contribution in [0.2, 0.25) is 0 Å². The van der Waals surface area contributed by atoms with Gasteiger partial charge >= 0.3 is 0 Å². The summed E-state index contributed by atoms with van der Waals surface area (Å²) in [5.74, 6) is -0.753. The van der Waals surface area contributed by atoms with Crippen LogP contribution in [0.1, 0.15) is 15.9 Å². The molecule has 0 atom stereocenters. The maximum Gasteiger partial charge on any atom is 0.251 e. The van der Waals surface area contributed by atoms with E-state index in [4.69, 9.17) is 10.5 Å². The van der Waals surface area contributed by atoms with Crippen LogP contribution in [0.3, 0.4) is 0 Å². The number of aromatic nitrogens is 2. The Hall–Kier alpha value is -2.74. The van der Waals surface area contributed by atoms with Gasteiger partial charge in [-0.3, -0.25) is 4.79 Å². The minimum atomic E-state index is -0.856. The van der Waals surface area contributed by atoms with Gasteiger partial charge in [0.25, 0.3) is 5.91 Å². The van der Waals surface area contributed by atoms with Crippen LogP contribution >= 0.6 is 11.3 Å². The monoisotopic (exact) mass is 332 g/mol. The molecular formula is C15H13FN4O2S. The highest BCUT2D eigenvalue weighted by atomic mass is 32.1. The Kier molecular flexibility index (Phi) is 3.83. The molecule has 1 amide bonds. The third-order valence-electron chi connectivity index (χ3n) is 3.36. The summed E-state index contributed by atoms with van der Waals surface area (Å²) in [5, 5.41) is 5.87. The van der Waals surface area contributed by atoms with Gasteiger partial charge in [0, 0.05) is 6.07 Å². The van der Waals surface area contributed by atoms with Gasteiger partial charge in [-0.1, -0.05) is 0 Å². The van der Waals surface area contributed by atoms with E-state index in [1.165, 1.54) is 30.8 Å². The van der Waals surface area contributed by atoms with E-state index < -0.39 is 11.7 Å². The quantitative estimate of drug-likeness (QED) is 0.766. The molecule has 1 aromatic carbocycles. The van der Waals surface area contributed by atoms with Gasteiger partial charge in [0.15, 0.2) is 0 Å². The number of hydrogen-bond acceptors (Lipinski definition) is 6. The number of fused-ring (bicyclic) bond motifs is 1. The number of hydrogen-bond donors (Lipinski definition) is 2. The zero-order valence-electron chi connectivity index (χ0n) is 12.4. The highest BCUT2D eigenvalue weighted by molar-refractivity contribution is 7.17. The maximum absolute atomic E-state index is 14.0. The van der Waals surface area contributed by atoms with Crippen LogP contribution < -0.4 is 15.8 Å². The van der Waals surface area contributed by atoms with Crippen LogP contribution in [0.5, 0.6) is 5.75 Å². The largest absolute Gasteiger partial charge is 0.495 e. The summed E-state index contributed by atoms with van der Waals surface area (Å²) in [6, 6.07) is 2.42. The van der Waals surface area contributed by atoms with E-state index in [2.05, 4.69) is 15.3 Å². The van der Waals surface area contributed by atoms with Gasteiger partial charge in [-0.15, -0.1) is 11.3 Å². The van der Waals surface area contributed by atoms with Crippen LogP contribution in [0, 0.1) is 12.7 Å². The zero-order valence-corrected chi connectivity index (χ0v) is 13.2. The smallest absolute Gasteiger partial charge is 0.251 e. The number of nitrogens with one attached hydrogen (secondary N) is 1. The Morgan fingerprint density at radius 1 is 1.39 bits per heavy atom. The molecule has 3 rings (SSSR count). The lowest BCUT2D eigenvalue weighted by molar-refractivity contribution is 0.0996. The normalized spacial score (nSPS) is 10.7. The number of nitrogens with two attached hydrogens (primary N) is 1. The number of primary amides is 1. The number of anilines is 2. The van der Waals surface area contributed by atoms with Crippen molar-refractivity contribution < 1.29 is 13.9 Å². The molecule has 3 aromatic rings. The van der Waals surface area contributed by atoms with E-state index in [-0.39, 0.29) is 5.56 Å². The molecule has 0 radical (unpaired) electrons. The average Bonchev–Trinajstić information content (AvgIpc) is 2.90. The van der Waals surface area contributed by atoms with Crippen LogP contribution in [0.25, 0.3) is 10.2 Å². The topological polar surface area (TPSA) is 90.1 Å². The first kappa shape index (κ1) is 15.2. The summed E-state index contributed by atoms with van der Waals surface area (Å²) in [4.78, 5) is 20.5. The van der Waals surface area contributed by atoms with Crippen molar-refractivity contribution in [1.29, 1.82) is 0 Å². The molecule has 0 unspecified atom stereocenters. The van der Waals surface area contributed by atoms with Crippen molar-refractivity contribution in [2.24, 2.45) is 5.73 Å². The molecule has 118 valence electrons. The van der Waals surface area contributed by atoms with Gasteiger partial charge in [0.2, 0.25) is 0 Å². The summed E-state index contributed by atoms with van der Waals surface area (Å²) in [6.45, 7) is 1.95. The number of nitrogens with zero attached hydrogens (tertiary/aromatic N) is 2. The van der Waals surface area contributed by atoms with Gasteiger partial charge in [-0.05, 0) is 23.9 Å². The molecule has 2 aromatic heterocycles. The van der Waals surface area contributed by atoms with Gasteiger partial charge in [0.1, 0.15) is 28.5 Å². The fourth-order valence-electron chi connectivity index (χ4n) is 2.25. The Morgan fingerprint density at radius 3 is 2.87 bits per heavy atom. The highest BCUT2D eigenvalue weighted by Crippen LogP contribution is 2.34. The first-order valence-electron chi connectivity index (χ1n) is 6.64. The molecule has 0 aliphatic carbocycles. The maximum atomic E-state index is 14.0. The van der Waals surface area contributed by atoms with Gasteiger partial charge in [-0.2, -0.15) is 0 Å². The molecule has 6 nitrogen and oxygen atoms in total. The fourth-order valence-corrected chi connectivity index (χ4v) is 3.14. The van der Waals surface area contributed by atoms with Crippen molar-refractivity contribution in [2.75, 3.05) is 12.4 Å². The molecule has 0 aliphatic heterocycles. The molecule has 0 saturated carbocycles. The molecule has 23 heavy (non-hydrogen) atoms. The molecule has 0 aliphatic rings. The third kappa shape index (κ3) is 2.68. The second-order valence-electron chi connectivity index (χ2n) is 4.84. The average molecular weight is 332 g/mol. The van der Waals surface area contributed by atoms with Crippen molar-refractivity contribution in [3.8, 4) is 5.75 Å². The van der Waals surface area contributed by atoms with Crippen molar-refractivity contribution >= 4 is 39.0 Å². The van der Waals surface area contributed by atoms with Gasteiger partial charge < -0.3 is 15.8 Å². The second kappa shape index (κ2) is 5.81. The Labute approximate surface area is 135 Å². The lowest BCUT2D eigenvalue weighted by atomic mass is 10.1. The number of benzene rings is 1. The van der Waals surface area contributed by atoms with E-state index in [1.54, 1.807) is 0 Å². The van der Waals surface area contributed by atoms with Crippen LogP contribution in [0.4, 0.5) is 15.9 Å². The van der Waals surface area contributed by atoms with E-state index in [0.717, 1.165) is 21.8 Å². The van der Waals surface area contributed by atoms with Crippen LogP contribution in [-0.4, -0.2) is 23.0 Å². The van der Waals surface area contributed by atoms with E-state index in [9.17, 15) is 9.18 Å². The zero-order chi connectivity index (χ0) is 16.6. The molecule has 0 bridgehead atoms. The van der Waals surface area contributed by atoms with Crippen molar-refractivity contribution in [3.63, 3.8) is 0 Å². The Morgan fingerprint density at radius 2 is 2.17 bits per heavy atom. The summed E-state index contributed by atoms with van der Waals surface area (Å²) in [7, 11) is 1.43. The lowest BCUT2D eigenvalue weighted by Crippen LogP contribution is -2.13. The predicted octanol–water partition coefficient (Wildman–Crippen LogP) is 2.99. The molecule has 8 heteroatoms.